The second-order valence-electron chi connectivity index (χ2n) is 6.06. The molecule has 1 aromatic rings. The van der Waals surface area contributed by atoms with Crippen molar-refractivity contribution in [1.82, 2.24) is 4.90 Å². The first kappa shape index (κ1) is 15.3. The largest absolute Gasteiger partial charge is 0.393 e. The standard InChI is InChI=1S/C17H28N2O/c1-3-14(2)12-18-17-7-5-4-6-15(17)13-19-10-8-16(20)9-11-19/h4-7,14,16,18,20H,3,8-13H2,1-2H3. The number of benzene rings is 1. The monoisotopic (exact) mass is 276 g/mol. The highest BCUT2D eigenvalue weighted by Gasteiger charge is 2.17. The van der Waals surface area contributed by atoms with Crippen molar-refractivity contribution in [3.05, 3.63) is 29.8 Å². The summed E-state index contributed by atoms with van der Waals surface area (Å²) in [7, 11) is 0. The lowest BCUT2D eigenvalue weighted by Crippen LogP contribution is -2.35. The molecular formula is C17H28N2O. The van der Waals surface area contributed by atoms with E-state index in [1.807, 2.05) is 0 Å². The van der Waals surface area contributed by atoms with Gasteiger partial charge in [0.1, 0.15) is 0 Å². The molecule has 3 heteroatoms. The van der Waals surface area contributed by atoms with Crippen LogP contribution in [0.15, 0.2) is 24.3 Å². The van der Waals surface area contributed by atoms with E-state index >= 15 is 0 Å². The molecule has 1 fully saturated rings. The molecule has 0 spiro atoms. The number of nitrogens with one attached hydrogen (secondary N) is 1. The zero-order valence-corrected chi connectivity index (χ0v) is 12.8. The average Bonchev–Trinajstić information content (AvgIpc) is 2.48. The number of likely N-dealkylation sites (tertiary alicyclic amines) is 1. The molecule has 0 aliphatic carbocycles. The molecule has 0 aromatic heterocycles. The predicted octanol–water partition coefficient (Wildman–Crippen LogP) is 3.10. The van der Waals surface area contributed by atoms with Gasteiger partial charge < -0.3 is 10.4 Å². The van der Waals surface area contributed by atoms with Crippen LogP contribution in [-0.2, 0) is 6.54 Å². The molecule has 3 nitrogen and oxygen atoms in total. The molecule has 1 aliphatic rings. The van der Waals surface area contributed by atoms with E-state index in [0.29, 0.717) is 5.92 Å². The number of rotatable bonds is 6. The van der Waals surface area contributed by atoms with Crippen LogP contribution in [0.1, 0.15) is 38.7 Å². The van der Waals surface area contributed by atoms with Gasteiger partial charge in [-0.15, -0.1) is 0 Å². The maximum Gasteiger partial charge on any atom is 0.0564 e. The van der Waals surface area contributed by atoms with Gasteiger partial charge in [0.15, 0.2) is 0 Å². The van der Waals surface area contributed by atoms with Crippen LogP contribution in [0.5, 0.6) is 0 Å². The van der Waals surface area contributed by atoms with E-state index in [2.05, 4.69) is 48.3 Å². The van der Waals surface area contributed by atoms with Crippen molar-refractivity contribution in [2.75, 3.05) is 25.0 Å². The fourth-order valence-corrected chi connectivity index (χ4v) is 2.58. The topological polar surface area (TPSA) is 35.5 Å². The zero-order valence-electron chi connectivity index (χ0n) is 12.8. The molecule has 2 rings (SSSR count). The Kier molecular flexibility index (Phi) is 5.86. The van der Waals surface area contributed by atoms with Crippen LogP contribution in [0.4, 0.5) is 5.69 Å². The average molecular weight is 276 g/mol. The highest BCUT2D eigenvalue weighted by atomic mass is 16.3. The fourth-order valence-electron chi connectivity index (χ4n) is 2.58. The van der Waals surface area contributed by atoms with Crippen molar-refractivity contribution >= 4 is 5.69 Å². The maximum absolute atomic E-state index is 9.58. The van der Waals surface area contributed by atoms with Crippen LogP contribution in [0.25, 0.3) is 0 Å². The second-order valence-corrected chi connectivity index (χ2v) is 6.06. The van der Waals surface area contributed by atoms with Crippen molar-refractivity contribution in [3.63, 3.8) is 0 Å². The Labute approximate surface area is 123 Å². The SMILES string of the molecule is CCC(C)CNc1ccccc1CN1CCC(O)CC1. The van der Waals surface area contributed by atoms with E-state index in [0.717, 1.165) is 39.0 Å². The molecule has 20 heavy (non-hydrogen) atoms. The van der Waals surface area contributed by atoms with Gasteiger partial charge in [-0.05, 0) is 30.4 Å². The van der Waals surface area contributed by atoms with Crippen LogP contribution in [0.3, 0.4) is 0 Å². The molecule has 0 amide bonds. The third-order valence-electron chi connectivity index (χ3n) is 4.31. The lowest BCUT2D eigenvalue weighted by molar-refractivity contribution is 0.0793. The van der Waals surface area contributed by atoms with Gasteiger partial charge in [-0.25, -0.2) is 0 Å². The van der Waals surface area contributed by atoms with E-state index in [1.165, 1.54) is 17.7 Å². The first-order valence-corrected chi connectivity index (χ1v) is 7.91. The summed E-state index contributed by atoms with van der Waals surface area (Å²) in [6.45, 7) is 8.53. The summed E-state index contributed by atoms with van der Waals surface area (Å²) >= 11 is 0. The maximum atomic E-state index is 9.58. The highest BCUT2D eigenvalue weighted by molar-refractivity contribution is 5.51. The summed E-state index contributed by atoms with van der Waals surface area (Å²) in [5.74, 6) is 0.702. The van der Waals surface area contributed by atoms with Gasteiger partial charge in [-0.2, -0.15) is 0 Å². The number of para-hydroxylation sites is 1. The normalized spacial score (nSPS) is 18.9. The molecule has 0 bridgehead atoms. The summed E-state index contributed by atoms with van der Waals surface area (Å²) < 4.78 is 0. The minimum absolute atomic E-state index is 0.0926. The Bertz CT molecular complexity index is 400. The van der Waals surface area contributed by atoms with Crippen molar-refractivity contribution in [3.8, 4) is 0 Å². The van der Waals surface area contributed by atoms with Crippen LogP contribution >= 0.6 is 0 Å². The molecule has 1 saturated heterocycles. The Morgan fingerprint density at radius 3 is 2.70 bits per heavy atom. The number of hydrogen-bond donors (Lipinski definition) is 2. The highest BCUT2D eigenvalue weighted by Crippen LogP contribution is 2.20. The van der Waals surface area contributed by atoms with Gasteiger partial charge in [0.05, 0.1) is 6.10 Å². The number of aliphatic hydroxyl groups excluding tert-OH is 1. The van der Waals surface area contributed by atoms with E-state index in [-0.39, 0.29) is 6.10 Å². The van der Waals surface area contributed by atoms with Crippen molar-refractivity contribution in [1.29, 1.82) is 0 Å². The number of aliphatic hydroxyl groups is 1. The van der Waals surface area contributed by atoms with Gasteiger partial charge in [-0.3, -0.25) is 4.90 Å². The van der Waals surface area contributed by atoms with Gasteiger partial charge >= 0.3 is 0 Å². The third-order valence-corrected chi connectivity index (χ3v) is 4.31. The molecule has 2 N–H and O–H groups in total. The van der Waals surface area contributed by atoms with E-state index in [9.17, 15) is 5.11 Å². The Hall–Kier alpha value is -1.06. The van der Waals surface area contributed by atoms with Gasteiger partial charge in [0.25, 0.3) is 0 Å². The number of piperidine rings is 1. The van der Waals surface area contributed by atoms with E-state index < -0.39 is 0 Å². The van der Waals surface area contributed by atoms with Crippen LogP contribution in [0, 0.1) is 5.92 Å². The minimum Gasteiger partial charge on any atom is -0.393 e. The summed E-state index contributed by atoms with van der Waals surface area (Å²) in [6, 6.07) is 8.60. The summed E-state index contributed by atoms with van der Waals surface area (Å²) in [5.41, 5.74) is 2.63. The summed E-state index contributed by atoms with van der Waals surface area (Å²) in [5, 5.41) is 13.2. The van der Waals surface area contributed by atoms with Crippen LogP contribution in [0.2, 0.25) is 0 Å². The lowest BCUT2D eigenvalue weighted by Gasteiger charge is -2.30. The molecule has 112 valence electrons. The number of nitrogens with zero attached hydrogens (tertiary/aromatic N) is 1. The molecule has 1 atom stereocenters. The first-order chi connectivity index (χ1) is 9.69. The van der Waals surface area contributed by atoms with Gasteiger partial charge in [0.2, 0.25) is 0 Å². The Balaban J connectivity index is 1.93. The molecule has 1 aromatic carbocycles. The summed E-state index contributed by atoms with van der Waals surface area (Å²) in [6.07, 6.45) is 2.93. The molecule has 0 saturated carbocycles. The zero-order chi connectivity index (χ0) is 14.4. The van der Waals surface area contributed by atoms with Crippen molar-refractivity contribution in [2.24, 2.45) is 5.92 Å². The predicted molar refractivity (Wildman–Crippen MR) is 84.9 cm³/mol. The van der Waals surface area contributed by atoms with E-state index in [4.69, 9.17) is 0 Å². The Morgan fingerprint density at radius 1 is 1.30 bits per heavy atom. The Morgan fingerprint density at radius 2 is 2.00 bits per heavy atom. The third kappa shape index (κ3) is 4.50. The number of anilines is 1. The van der Waals surface area contributed by atoms with Gasteiger partial charge in [-0.1, -0.05) is 38.5 Å². The van der Waals surface area contributed by atoms with Crippen LogP contribution < -0.4 is 5.32 Å². The molecular weight excluding hydrogens is 248 g/mol. The lowest BCUT2D eigenvalue weighted by atomic mass is 10.1. The fraction of sp³-hybridized carbons (Fsp3) is 0.647. The minimum atomic E-state index is -0.0926. The first-order valence-electron chi connectivity index (χ1n) is 7.91. The van der Waals surface area contributed by atoms with Crippen molar-refractivity contribution in [2.45, 2.75) is 45.8 Å². The summed E-state index contributed by atoms with van der Waals surface area (Å²) in [4.78, 5) is 2.44. The molecule has 0 radical (unpaired) electrons. The smallest absolute Gasteiger partial charge is 0.0564 e. The van der Waals surface area contributed by atoms with Crippen LogP contribution in [-0.4, -0.2) is 35.7 Å². The van der Waals surface area contributed by atoms with Gasteiger partial charge in [0, 0.05) is 31.9 Å². The molecule has 1 unspecified atom stereocenters. The second kappa shape index (κ2) is 7.65. The van der Waals surface area contributed by atoms with Crippen molar-refractivity contribution < 1.29 is 5.11 Å². The van der Waals surface area contributed by atoms with E-state index in [1.54, 1.807) is 0 Å². The molecule has 1 heterocycles. The quantitative estimate of drug-likeness (QED) is 0.838. The molecule has 1 aliphatic heterocycles. The number of hydrogen-bond acceptors (Lipinski definition) is 3.